The van der Waals surface area contributed by atoms with E-state index in [0.29, 0.717) is 0 Å². The number of ether oxygens (including phenoxy) is 6. The Hall–Kier alpha value is -3.78. The molecular weight excluding hydrogens is 664 g/mol. The Morgan fingerprint density at radius 2 is 1.83 bits per heavy atom. The molecule has 3 rings (SSSR count). The number of aliphatic hydroxyl groups excluding tert-OH is 2. The lowest BCUT2D eigenvalue weighted by Crippen LogP contribution is -2.69. The number of aliphatic hydroxyl groups is 4. The number of nitrogens with zero attached hydrogens (tertiary/aromatic N) is 1. The summed E-state index contributed by atoms with van der Waals surface area (Å²) >= 11 is 4.56. The van der Waals surface area contributed by atoms with Crippen molar-refractivity contribution in [3.63, 3.8) is 0 Å². The summed E-state index contributed by atoms with van der Waals surface area (Å²) in [6.07, 6.45) is -13.9. The van der Waals surface area contributed by atoms with E-state index in [1.807, 2.05) is 5.16 Å². The number of ketones is 2. The Morgan fingerprint density at radius 3 is 2.35 bits per heavy atom. The fourth-order valence-electron chi connectivity index (χ4n) is 5.80. The molecule has 0 unspecified atom stereocenters. The molecular formula is C29H36N2O16S. The first-order chi connectivity index (χ1) is 22.4. The number of aliphatic imine (C=N–C) groups is 1. The average molecular weight is 701 g/mol. The second-order valence-corrected chi connectivity index (χ2v) is 11.4. The third kappa shape index (κ3) is 7.29. The summed E-state index contributed by atoms with van der Waals surface area (Å²) in [7, 11) is 1.21. The van der Waals surface area contributed by atoms with Crippen molar-refractivity contribution in [3.8, 4) is 0 Å². The minimum atomic E-state index is -3.01. The van der Waals surface area contributed by atoms with Gasteiger partial charge in [0.2, 0.25) is 0 Å². The van der Waals surface area contributed by atoms with Gasteiger partial charge in [0.05, 0.1) is 17.7 Å². The van der Waals surface area contributed by atoms with Crippen molar-refractivity contribution < 1.29 is 77.9 Å². The van der Waals surface area contributed by atoms with Crippen molar-refractivity contribution in [2.24, 2.45) is 4.99 Å². The van der Waals surface area contributed by atoms with Crippen molar-refractivity contribution in [2.45, 2.75) is 101 Å². The average Bonchev–Trinajstić information content (AvgIpc) is 3.01. The number of rotatable bonds is 11. The summed E-state index contributed by atoms with van der Waals surface area (Å²) in [5, 5.41) is 64.8. The quantitative estimate of drug-likeness (QED) is 0.0657. The molecule has 3 aliphatic rings. The molecule has 0 aromatic heterocycles. The molecule has 10 atom stereocenters. The topological polar surface area (TPSA) is 278 Å². The van der Waals surface area contributed by atoms with E-state index in [9.17, 15) is 49.5 Å². The largest absolute Gasteiger partial charge is 0.508 e. The highest BCUT2D eigenvalue weighted by Crippen LogP contribution is 2.42. The van der Waals surface area contributed by atoms with Crippen LogP contribution in [0.4, 0.5) is 0 Å². The van der Waals surface area contributed by atoms with E-state index in [4.69, 9.17) is 33.8 Å². The first-order valence-corrected chi connectivity index (χ1v) is 14.8. The van der Waals surface area contributed by atoms with E-state index >= 15 is 0 Å². The van der Waals surface area contributed by atoms with Gasteiger partial charge in [-0.3, -0.25) is 19.8 Å². The molecule has 0 spiro atoms. The molecule has 0 bridgehead atoms. The second-order valence-electron chi connectivity index (χ2n) is 11.2. The third-order valence-corrected chi connectivity index (χ3v) is 8.41. The molecule has 2 saturated heterocycles. The number of thiocarbonyl (C=S) groups is 1. The Balaban J connectivity index is 2.18. The number of hydrogen-bond donors (Lipinski definition) is 6. The van der Waals surface area contributed by atoms with Crippen LogP contribution in [0.15, 0.2) is 28.1 Å². The van der Waals surface area contributed by atoms with Crippen molar-refractivity contribution >= 4 is 52.6 Å². The number of isothiocyanates is 1. The molecule has 0 saturated carbocycles. The summed E-state index contributed by atoms with van der Waals surface area (Å²) in [4.78, 5) is 65.5. The van der Waals surface area contributed by atoms with E-state index in [1.54, 1.807) is 0 Å². The normalized spacial score (nSPS) is 35.8. The molecule has 2 fully saturated rings. The van der Waals surface area contributed by atoms with Gasteiger partial charge in [0.1, 0.15) is 54.2 Å². The van der Waals surface area contributed by atoms with Crippen LogP contribution in [-0.4, -0.2) is 140 Å². The van der Waals surface area contributed by atoms with Crippen LogP contribution < -0.4 is 0 Å². The summed E-state index contributed by atoms with van der Waals surface area (Å²) in [6, 6.07) is 0. The maximum Gasteiger partial charge on any atom is 0.357 e. The molecule has 264 valence electrons. The third-order valence-electron chi connectivity index (χ3n) is 8.32. The summed E-state index contributed by atoms with van der Waals surface area (Å²) in [5.41, 5.74) is -7.89. The Morgan fingerprint density at radius 1 is 1.19 bits per heavy atom. The van der Waals surface area contributed by atoms with Gasteiger partial charge < -0.3 is 54.0 Å². The number of aliphatic carboxylic acids is 1. The van der Waals surface area contributed by atoms with Crippen LogP contribution in [0.2, 0.25) is 0 Å². The molecule has 2 heterocycles. The number of hydrogen-bond acceptors (Lipinski definition) is 18. The van der Waals surface area contributed by atoms with Crippen LogP contribution in [0.1, 0.15) is 40.5 Å². The van der Waals surface area contributed by atoms with E-state index in [0.717, 1.165) is 13.8 Å². The first kappa shape index (κ1) is 38.7. The van der Waals surface area contributed by atoms with Crippen LogP contribution in [0.25, 0.3) is 0 Å². The lowest BCUT2D eigenvalue weighted by atomic mass is 9.74. The monoisotopic (exact) mass is 700 g/mol. The fraction of sp³-hybridized carbons (Fsp3) is 0.621. The number of nitrogens with one attached hydrogen (secondary N) is 1. The predicted molar refractivity (Wildman–Crippen MR) is 160 cm³/mol. The molecule has 0 aromatic carbocycles. The van der Waals surface area contributed by atoms with E-state index < -0.39 is 120 Å². The van der Waals surface area contributed by atoms with Crippen molar-refractivity contribution in [1.82, 2.24) is 0 Å². The highest BCUT2D eigenvalue weighted by atomic mass is 32.1. The molecule has 0 radical (unpaired) electrons. The lowest BCUT2D eigenvalue weighted by Gasteiger charge is -2.51. The van der Waals surface area contributed by atoms with Gasteiger partial charge in [0, 0.05) is 20.5 Å². The van der Waals surface area contributed by atoms with Gasteiger partial charge in [-0.25, -0.2) is 9.59 Å². The van der Waals surface area contributed by atoms with Crippen molar-refractivity contribution in [2.75, 3.05) is 13.7 Å². The zero-order valence-corrected chi connectivity index (χ0v) is 27.2. The SMILES string of the molecule is C/C=C(/N=C=S)C(=O)O[C@H]1[C@H](O[C@@H]2C[C@@H](OC)[C@](O)(C(C)=O)[C@H](C)O2)[C@@H](O)[C@@H]([C@@]2(O)CC(=O)C(=N)C(C(=O)O)=C2O)O[C@@H]1COC(C)=O. The van der Waals surface area contributed by atoms with Crippen molar-refractivity contribution in [3.05, 3.63) is 23.1 Å². The van der Waals surface area contributed by atoms with Crippen LogP contribution in [0, 0.1) is 5.41 Å². The van der Waals surface area contributed by atoms with Gasteiger partial charge in [-0.15, -0.1) is 0 Å². The number of esters is 2. The Bertz CT molecular complexity index is 1470. The van der Waals surface area contributed by atoms with Gasteiger partial charge in [0.25, 0.3) is 0 Å². The second kappa shape index (κ2) is 15.2. The number of Topliss-reactive ketones (excluding diaryl/α,β-unsaturated/α-hetero) is 2. The molecule has 1 aliphatic carbocycles. The number of carboxylic acids is 1. The van der Waals surface area contributed by atoms with Crippen LogP contribution in [0.3, 0.4) is 0 Å². The van der Waals surface area contributed by atoms with Crippen LogP contribution in [-0.2, 0) is 52.4 Å². The fourth-order valence-corrected chi connectivity index (χ4v) is 5.90. The highest BCUT2D eigenvalue weighted by molar-refractivity contribution is 7.78. The van der Waals surface area contributed by atoms with Gasteiger partial charge in [-0.1, -0.05) is 6.08 Å². The minimum Gasteiger partial charge on any atom is -0.508 e. The maximum absolute atomic E-state index is 13.1. The van der Waals surface area contributed by atoms with Crippen LogP contribution in [0.5, 0.6) is 0 Å². The van der Waals surface area contributed by atoms with Crippen molar-refractivity contribution in [1.29, 1.82) is 5.41 Å². The van der Waals surface area contributed by atoms with Gasteiger partial charge in [0.15, 0.2) is 40.9 Å². The first-order valence-electron chi connectivity index (χ1n) is 14.4. The van der Waals surface area contributed by atoms with E-state index in [-0.39, 0.29) is 12.1 Å². The number of carbonyl (C=O) groups is 5. The Labute approximate surface area is 278 Å². The number of carbonyl (C=O) groups excluding carboxylic acids is 4. The van der Waals surface area contributed by atoms with Gasteiger partial charge in [-0.2, -0.15) is 4.99 Å². The Kier molecular flexibility index (Phi) is 12.2. The molecule has 18 nitrogen and oxygen atoms in total. The van der Waals surface area contributed by atoms with Gasteiger partial charge in [-0.05, 0) is 33.0 Å². The number of allylic oxidation sites excluding steroid dienone is 1. The maximum atomic E-state index is 13.1. The van der Waals surface area contributed by atoms with E-state index in [1.165, 1.54) is 27.0 Å². The smallest absolute Gasteiger partial charge is 0.357 e. The zero-order valence-electron chi connectivity index (χ0n) is 26.4. The summed E-state index contributed by atoms with van der Waals surface area (Å²) in [5.74, 6) is -7.29. The minimum absolute atomic E-state index is 0.357. The van der Waals surface area contributed by atoms with E-state index in [2.05, 4.69) is 17.2 Å². The molecule has 6 N–H and O–H groups in total. The number of methoxy groups -OCH3 is 1. The molecule has 48 heavy (non-hydrogen) atoms. The molecule has 19 heteroatoms. The van der Waals surface area contributed by atoms with Gasteiger partial charge >= 0.3 is 17.9 Å². The summed E-state index contributed by atoms with van der Waals surface area (Å²) in [6.45, 7) is 4.16. The molecule has 2 aliphatic heterocycles. The highest BCUT2D eigenvalue weighted by Gasteiger charge is 2.61. The zero-order chi connectivity index (χ0) is 36.3. The van der Waals surface area contributed by atoms with Crippen LogP contribution >= 0.6 is 12.2 Å². The standard InChI is InChI=1S/C29H36N2O16S/c1-6-14(31-10-48)27(39)47-22-16(9-43-13(4)33)45-25(28(40)8-15(34)20(30)19(24(28)36)26(37)38)21(35)23(22)46-18-7-17(42-5)29(41,11(2)32)12(3)44-18/h6,12,16-18,21-23,25,30,35-36,40-41H,7-9H2,1-5H3,(H,37,38)/b14-6+,30-20?/t12-,16+,17+,18+,21+,22+,23+,25-,28+,29-/m0/s1. The number of carboxylic acid groups (broad SMARTS) is 1. The molecule has 0 aromatic rings. The predicted octanol–water partition coefficient (Wildman–Crippen LogP) is -0.928. The molecule has 0 amide bonds. The lowest BCUT2D eigenvalue weighted by molar-refractivity contribution is -0.333. The summed E-state index contributed by atoms with van der Waals surface area (Å²) < 4.78 is 33.6.